The van der Waals surface area contributed by atoms with Gasteiger partial charge in [-0.25, -0.2) is 0 Å². The van der Waals surface area contributed by atoms with Crippen molar-refractivity contribution in [2.24, 2.45) is 0 Å². The molecule has 0 aliphatic rings. The van der Waals surface area contributed by atoms with Gasteiger partial charge in [0, 0.05) is 11.9 Å². The molecule has 4 N–H and O–H groups in total. The van der Waals surface area contributed by atoms with Crippen LogP contribution in [-0.2, 0) is 6.54 Å². The van der Waals surface area contributed by atoms with Crippen molar-refractivity contribution >= 4 is 28.2 Å². The third-order valence-electron chi connectivity index (χ3n) is 4.57. The molecule has 6 heteroatoms. The molecular formula is C21H23N3O3. The molecule has 3 aromatic rings. The van der Waals surface area contributed by atoms with E-state index < -0.39 is 11.5 Å². The van der Waals surface area contributed by atoms with E-state index in [0.29, 0.717) is 28.8 Å². The summed E-state index contributed by atoms with van der Waals surface area (Å²) in [7, 11) is 0. The lowest BCUT2D eigenvalue weighted by Gasteiger charge is -2.15. The number of para-hydroxylation sites is 3. The van der Waals surface area contributed by atoms with Gasteiger partial charge in [-0.1, -0.05) is 44.0 Å². The number of carbonyl (C=O) groups is 1. The number of aryl methyl sites for hydroxylation is 1. The molecule has 1 amide bonds. The molecule has 0 radical (unpaired) electrons. The van der Waals surface area contributed by atoms with E-state index in [-0.39, 0.29) is 11.3 Å². The molecule has 0 saturated heterocycles. The van der Waals surface area contributed by atoms with Crippen LogP contribution in [0.5, 0.6) is 5.75 Å². The predicted octanol–water partition coefficient (Wildman–Crippen LogP) is 3.73. The first-order valence-electron chi connectivity index (χ1n) is 9.05. The van der Waals surface area contributed by atoms with Crippen LogP contribution in [0.4, 0.5) is 11.4 Å². The highest BCUT2D eigenvalue weighted by molar-refractivity contribution is 6.10. The number of nitrogen functional groups attached to an aromatic ring is 1. The number of fused-ring (bicyclic) bond motifs is 1. The Hall–Kier alpha value is -3.28. The molecule has 0 bridgehead atoms. The SMILES string of the molecule is CCCCCn1c(=O)c(C(=O)Nc2ccccc2N)c(O)c2ccccc21. The van der Waals surface area contributed by atoms with E-state index in [9.17, 15) is 14.7 Å². The highest BCUT2D eigenvalue weighted by atomic mass is 16.3. The minimum Gasteiger partial charge on any atom is -0.506 e. The summed E-state index contributed by atoms with van der Waals surface area (Å²) in [6.45, 7) is 2.57. The number of hydrogen-bond donors (Lipinski definition) is 3. The molecule has 0 aliphatic carbocycles. The van der Waals surface area contributed by atoms with Gasteiger partial charge in [-0.3, -0.25) is 9.59 Å². The fourth-order valence-corrected chi connectivity index (χ4v) is 3.13. The van der Waals surface area contributed by atoms with Crippen molar-refractivity contribution in [1.82, 2.24) is 4.57 Å². The average molecular weight is 365 g/mol. The zero-order chi connectivity index (χ0) is 19.4. The zero-order valence-electron chi connectivity index (χ0n) is 15.2. The molecule has 0 aliphatic heterocycles. The Labute approximate surface area is 157 Å². The standard InChI is InChI=1S/C21H23N3O3/c1-2-3-8-13-24-17-12-7-4-9-14(17)19(25)18(21(24)27)20(26)23-16-11-6-5-10-15(16)22/h4-7,9-12,25H,2-3,8,13,22H2,1H3,(H,23,26). The van der Waals surface area contributed by atoms with Gasteiger partial charge in [0.2, 0.25) is 0 Å². The van der Waals surface area contributed by atoms with Crippen LogP contribution >= 0.6 is 0 Å². The van der Waals surface area contributed by atoms with Gasteiger partial charge in [-0.15, -0.1) is 0 Å². The molecule has 27 heavy (non-hydrogen) atoms. The largest absolute Gasteiger partial charge is 0.506 e. The Morgan fingerprint density at radius 1 is 1.11 bits per heavy atom. The van der Waals surface area contributed by atoms with Gasteiger partial charge in [0.1, 0.15) is 11.3 Å². The van der Waals surface area contributed by atoms with E-state index >= 15 is 0 Å². The maximum absolute atomic E-state index is 13.0. The number of unbranched alkanes of at least 4 members (excludes halogenated alkanes) is 2. The minimum atomic E-state index is -0.676. The number of anilines is 2. The molecule has 0 atom stereocenters. The van der Waals surface area contributed by atoms with Crippen LogP contribution in [0.15, 0.2) is 53.3 Å². The molecule has 0 unspecified atom stereocenters. The second kappa shape index (κ2) is 7.95. The van der Waals surface area contributed by atoms with E-state index in [4.69, 9.17) is 5.73 Å². The summed E-state index contributed by atoms with van der Waals surface area (Å²) >= 11 is 0. The Morgan fingerprint density at radius 3 is 2.56 bits per heavy atom. The summed E-state index contributed by atoms with van der Waals surface area (Å²) in [6.07, 6.45) is 2.81. The molecule has 0 saturated carbocycles. The summed E-state index contributed by atoms with van der Waals surface area (Å²) in [5.74, 6) is -0.986. The monoisotopic (exact) mass is 365 g/mol. The summed E-state index contributed by atoms with van der Waals surface area (Å²) in [5, 5.41) is 13.7. The highest BCUT2D eigenvalue weighted by Crippen LogP contribution is 2.27. The summed E-state index contributed by atoms with van der Waals surface area (Å²) < 4.78 is 1.56. The van der Waals surface area contributed by atoms with Crippen molar-refractivity contribution in [2.75, 3.05) is 11.1 Å². The van der Waals surface area contributed by atoms with Crippen LogP contribution in [0.25, 0.3) is 10.9 Å². The Kier molecular flexibility index (Phi) is 5.45. The minimum absolute atomic E-state index is 0.270. The number of amides is 1. The Morgan fingerprint density at radius 2 is 1.81 bits per heavy atom. The number of nitrogens with two attached hydrogens (primary N) is 1. The molecule has 0 fully saturated rings. The smallest absolute Gasteiger partial charge is 0.267 e. The fourth-order valence-electron chi connectivity index (χ4n) is 3.13. The first-order chi connectivity index (χ1) is 13.0. The van der Waals surface area contributed by atoms with Crippen LogP contribution in [0.2, 0.25) is 0 Å². The summed E-state index contributed by atoms with van der Waals surface area (Å²) in [6, 6.07) is 13.8. The van der Waals surface area contributed by atoms with Crippen LogP contribution in [0, 0.1) is 0 Å². The van der Waals surface area contributed by atoms with Gasteiger partial charge in [0.05, 0.1) is 16.9 Å². The van der Waals surface area contributed by atoms with Gasteiger partial charge in [-0.05, 0) is 30.7 Å². The van der Waals surface area contributed by atoms with E-state index in [1.165, 1.54) is 0 Å². The van der Waals surface area contributed by atoms with E-state index in [0.717, 1.165) is 19.3 Å². The van der Waals surface area contributed by atoms with Crippen LogP contribution < -0.4 is 16.6 Å². The molecule has 0 spiro atoms. The number of pyridine rings is 1. The Balaban J connectivity index is 2.10. The second-order valence-electron chi connectivity index (χ2n) is 6.45. The Bertz CT molecular complexity index is 1040. The van der Waals surface area contributed by atoms with Gasteiger partial charge in [0.25, 0.3) is 11.5 Å². The maximum Gasteiger partial charge on any atom is 0.267 e. The van der Waals surface area contributed by atoms with E-state index in [1.54, 1.807) is 47.0 Å². The first-order valence-corrected chi connectivity index (χ1v) is 9.05. The number of nitrogens with zero attached hydrogens (tertiary/aromatic N) is 1. The molecule has 1 heterocycles. The number of rotatable bonds is 6. The van der Waals surface area contributed by atoms with E-state index in [2.05, 4.69) is 12.2 Å². The van der Waals surface area contributed by atoms with Crippen molar-refractivity contribution in [3.05, 3.63) is 64.4 Å². The predicted molar refractivity (Wildman–Crippen MR) is 108 cm³/mol. The van der Waals surface area contributed by atoms with Crippen LogP contribution in [0.3, 0.4) is 0 Å². The topological polar surface area (TPSA) is 97.4 Å². The lowest BCUT2D eigenvalue weighted by Crippen LogP contribution is -2.30. The highest BCUT2D eigenvalue weighted by Gasteiger charge is 2.22. The second-order valence-corrected chi connectivity index (χ2v) is 6.45. The maximum atomic E-state index is 13.0. The molecule has 6 nitrogen and oxygen atoms in total. The van der Waals surface area contributed by atoms with Crippen molar-refractivity contribution in [2.45, 2.75) is 32.7 Å². The third-order valence-corrected chi connectivity index (χ3v) is 4.57. The van der Waals surface area contributed by atoms with Gasteiger partial charge >= 0.3 is 0 Å². The van der Waals surface area contributed by atoms with Crippen LogP contribution in [0.1, 0.15) is 36.5 Å². The average Bonchev–Trinajstić information content (AvgIpc) is 2.66. The number of hydrogen-bond acceptors (Lipinski definition) is 4. The van der Waals surface area contributed by atoms with Crippen molar-refractivity contribution < 1.29 is 9.90 Å². The summed E-state index contributed by atoms with van der Waals surface area (Å²) in [5.41, 5.74) is 6.49. The summed E-state index contributed by atoms with van der Waals surface area (Å²) in [4.78, 5) is 25.8. The fraction of sp³-hybridized carbons (Fsp3) is 0.238. The van der Waals surface area contributed by atoms with Crippen LogP contribution in [-0.4, -0.2) is 15.6 Å². The molecule has 2 aromatic carbocycles. The number of benzene rings is 2. The number of aromatic hydroxyl groups is 1. The van der Waals surface area contributed by atoms with Crippen molar-refractivity contribution in [3.63, 3.8) is 0 Å². The third kappa shape index (κ3) is 3.65. The van der Waals surface area contributed by atoms with Gasteiger partial charge in [0.15, 0.2) is 0 Å². The van der Waals surface area contributed by atoms with Gasteiger partial charge in [-0.2, -0.15) is 0 Å². The number of nitrogens with one attached hydrogen (secondary N) is 1. The first kappa shape index (κ1) is 18.5. The molecule has 3 rings (SSSR count). The molecular weight excluding hydrogens is 342 g/mol. The van der Waals surface area contributed by atoms with Gasteiger partial charge < -0.3 is 20.7 Å². The lowest BCUT2D eigenvalue weighted by molar-refractivity contribution is 0.102. The normalized spacial score (nSPS) is 10.9. The van der Waals surface area contributed by atoms with Crippen molar-refractivity contribution in [1.29, 1.82) is 0 Å². The van der Waals surface area contributed by atoms with Crippen molar-refractivity contribution in [3.8, 4) is 5.75 Å². The lowest BCUT2D eigenvalue weighted by atomic mass is 10.1. The quantitative estimate of drug-likeness (QED) is 0.458. The zero-order valence-corrected chi connectivity index (χ0v) is 15.2. The number of carbonyl (C=O) groups excluding carboxylic acids is 1. The van der Waals surface area contributed by atoms with E-state index in [1.807, 2.05) is 6.07 Å². The molecule has 1 aromatic heterocycles. The number of aromatic nitrogens is 1. The molecule has 140 valence electrons.